The third-order valence-corrected chi connectivity index (χ3v) is 2.45. The number of rotatable bonds is 1. The second-order valence-corrected chi connectivity index (χ2v) is 3.91. The standard InChI is InChI=1S/C9H14N4O/c1-5(2)6-3-8(14)11-7-4-10-13-9(7)12-6/h4-6H,3H2,1-2H3,(H,11,14)(H2,10,12,13). The number of amides is 1. The molecule has 1 aliphatic heterocycles. The molecule has 2 heterocycles. The van der Waals surface area contributed by atoms with Crippen molar-refractivity contribution < 1.29 is 4.79 Å². The van der Waals surface area contributed by atoms with Crippen LogP contribution in [0.4, 0.5) is 11.5 Å². The molecule has 0 aromatic carbocycles. The highest BCUT2D eigenvalue weighted by Crippen LogP contribution is 2.24. The highest BCUT2D eigenvalue weighted by atomic mass is 16.1. The minimum Gasteiger partial charge on any atom is -0.365 e. The maximum Gasteiger partial charge on any atom is 0.226 e. The topological polar surface area (TPSA) is 69.8 Å². The summed E-state index contributed by atoms with van der Waals surface area (Å²) in [5.41, 5.74) is 0.734. The van der Waals surface area contributed by atoms with Gasteiger partial charge in [-0.2, -0.15) is 5.10 Å². The predicted octanol–water partition coefficient (Wildman–Crippen LogP) is 1.19. The van der Waals surface area contributed by atoms with Crippen molar-refractivity contribution in [2.45, 2.75) is 26.3 Å². The number of carbonyl (C=O) groups is 1. The van der Waals surface area contributed by atoms with Crippen molar-refractivity contribution in [2.24, 2.45) is 5.92 Å². The molecule has 0 spiro atoms. The fraction of sp³-hybridized carbons (Fsp3) is 0.556. The Morgan fingerprint density at radius 3 is 3.07 bits per heavy atom. The minimum atomic E-state index is 0.0383. The van der Waals surface area contributed by atoms with Gasteiger partial charge in [0.15, 0.2) is 0 Å². The van der Waals surface area contributed by atoms with Gasteiger partial charge in [0.2, 0.25) is 5.91 Å². The lowest BCUT2D eigenvalue weighted by Crippen LogP contribution is -2.28. The zero-order chi connectivity index (χ0) is 10.1. The summed E-state index contributed by atoms with van der Waals surface area (Å²) in [6.45, 7) is 4.18. The molecule has 2 rings (SSSR count). The molecule has 5 nitrogen and oxygen atoms in total. The number of aromatic nitrogens is 2. The SMILES string of the molecule is CC(C)C1CC(=O)Nc2cn[nH]c2N1. The van der Waals surface area contributed by atoms with Gasteiger partial charge in [-0.25, -0.2) is 0 Å². The van der Waals surface area contributed by atoms with Crippen LogP contribution >= 0.6 is 0 Å². The molecule has 76 valence electrons. The van der Waals surface area contributed by atoms with Gasteiger partial charge in [0.1, 0.15) is 11.5 Å². The monoisotopic (exact) mass is 194 g/mol. The number of nitrogens with zero attached hydrogens (tertiary/aromatic N) is 1. The van der Waals surface area contributed by atoms with Gasteiger partial charge in [0.05, 0.1) is 6.20 Å². The Morgan fingerprint density at radius 2 is 2.36 bits per heavy atom. The van der Waals surface area contributed by atoms with E-state index in [1.54, 1.807) is 6.20 Å². The molecule has 0 aliphatic carbocycles. The second kappa shape index (κ2) is 3.32. The number of carbonyl (C=O) groups excluding carboxylic acids is 1. The Hall–Kier alpha value is -1.52. The molecule has 0 saturated heterocycles. The summed E-state index contributed by atoms with van der Waals surface area (Å²) in [7, 11) is 0. The summed E-state index contributed by atoms with van der Waals surface area (Å²) in [6, 6.07) is 0.164. The number of fused-ring (bicyclic) bond motifs is 1. The molecule has 1 aromatic rings. The number of hydrogen-bond acceptors (Lipinski definition) is 3. The number of nitrogens with one attached hydrogen (secondary N) is 3. The van der Waals surface area contributed by atoms with Crippen LogP contribution in [0.2, 0.25) is 0 Å². The van der Waals surface area contributed by atoms with Crippen molar-refractivity contribution in [1.82, 2.24) is 10.2 Å². The third kappa shape index (κ3) is 1.57. The Bertz CT molecular complexity index is 344. The maximum absolute atomic E-state index is 11.5. The van der Waals surface area contributed by atoms with Crippen LogP contribution in [0.3, 0.4) is 0 Å². The summed E-state index contributed by atoms with van der Waals surface area (Å²) in [5.74, 6) is 1.25. The molecule has 1 unspecified atom stereocenters. The molecular formula is C9H14N4O. The van der Waals surface area contributed by atoms with Gasteiger partial charge in [-0.15, -0.1) is 0 Å². The first-order chi connectivity index (χ1) is 6.66. The second-order valence-electron chi connectivity index (χ2n) is 3.91. The van der Waals surface area contributed by atoms with Gasteiger partial charge in [-0.05, 0) is 5.92 Å². The largest absolute Gasteiger partial charge is 0.365 e. The fourth-order valence-corrected chi connectivity index (χ4v) is 1.53. The van der Waals surface area contributed by atoms with E-state index in [9.17, 15) is 4.79 Å². The van der Waals surface area contributed by atoms with Crippen molar-refractivity contribution in [3.8, 4) is 0 Å². The number of hydrogen-bond donors (Lipinski definition) is 3. The van der Waals surface area contributed by atoms with Crippen molar-refractivity contribution in [3.05, 3.63) is 6.20 Å². The molecule has 0 bridgehead atoms. The zero-order valence-corrected chi connectivity index (χ0v) is 8.29. The van der Waals surface area contributed by atoms with Gasteiger partial charge < -0.3 is 10.6 Å². The molecule has 1 aromatic heterocycles. The summed E-state index contributed by atoms with van der Waals surface area (Å²) in [4.78, 5) is 11.5. The Labute approximate surface area is 82.3 Å². The molecule has 0 radical (unpaired) electrons. The van der Waals surface area contributed by atoms with E-state index in [1.165, 1.54) is 0 Å². The van der Waals surface area contributed by atoms with E-state index in [4.69, 9.17) is 0 Å². The molecule has 3 N–H and O–H groups in total. The van der Waals surface area contributed by atoms with Crippen LogP contribution in [0.5, 0.6) is 0 Å². The van der Waals surface area contributed by atoms with E-state index < -0.39 is 0 Å². The summed E-state index contributed by atoms with van der Waals surface area (Å²) in [6.07, 6.45) is 2.11. The maximum atomic E-state index is 11.5. The molecule has 0 fully saturated rings. The molecule has 5 heteroatoms. The normalized spacial score (nSPS) is 21.1. The van der Waals surface area contributed by atoms with E-state index in [0.717, 1.165) is 11.5 Å². The first-order valence-electron chi connectivity index (χ1n) is 4.76. The fourth-order valence-electron chi connectivity index (χ4n) is 1.53. The van der Waals surface area contributed by atoms with Crippen LogP contribution in [0.25, 0.3) is 0 Å². The van der Waals surface area contributed by atoms with Gasteiger partial charge in [-0.3, -0.25) is 9.89 Å². The van der Waals surface area contributed by atoms with Crippen LogP contribution in [0, 0.1) is 5.92 Å². The van der Waals surface area contributed by atoms with Gasteiger partial charge in [-0.1, -0.05) is 13.8 Å². The molecule has 1 atom stereocenters. The smallest absolute Gasteiger partial charge is 0.226 e. The quantitative estimate of drug-likeness (QED) is 0.629. The number of aromatic amines is 1. The van der Waals surface area contributed by atoms with Crippen molar-refractivity contribution in [3.63, 3.8) is 0 Å². The first kappa shape index (κ1) is 9.05. The van der Waals surface area contributed by atoms with Gasteiger partial charge in [0, 0.05) is 12.5 Å². The van der Waals surface area contributed by atoms with Gasteiger partial charge >= 0.3 is 0 Å². The summed E-state index contributed by atoms with van der Waals surface area (Å²) >= 11 is 0. The number of H-pyrrole nitrogens is 1. The molecular weight excluding hydrogens is 180 g/mol. The molecule has 0 saturated carbocycles. The highest BCUT2D eigenvalue weighted by molar-refractivity contribution is 5.95. The van der Waals surface area contributed by atoms with Crippen molar-refractivity contribution in [1.29, 1.82) is 0 Å². The van der Waals surface area contributed by atoms with Crippen LogP contribution in [-0.4, -0.2) is 22.1 Å². The third-order valence-electron chi connectivity index (χ3n) is 2.45. The van der Waals surface area contributed by atoms with Crippen LogP contribution < -0.4 is 10.6 Å². The van der Waals surface area contributed by atoms with Crippen LogP contribution in [0.1, 0.15) is 20.3 Å². The lowest BCUT2D eigenvalue weighted by atomic mass is 10.0. The predicted molar refractivity (Wildman–Crippen MR) is 54.1 cm³/mol. The van der Waals surface area contributed by atoms with Crippen molar-refractivity contribution >= 4 is 17.4 Å². The Morgan fingerprint density at radius 1 is 1.57 bits per heavy atom. The minimum absolute atomic E-state index is 0.0383. The van der Waals surface area contributed by atoms with Crippen LogP contribution in [0.15, 0.2) is 6.20 Å². The van der Waals surface area contributed by atoms with Crippen molar-refractivity contribution in [2.75, 3.05) is 10.6 Å². The zero-order valence-electron chi connectivity index (χ0n) is 8.29. The molecule has 14 heavy (non-hydrogen) atoms. The Kier molecular flexibility index (Phi) is 2.15. The average Bonchev–Trinajstić information content (AvgIpc) is 2.45. The van der Waals surface area contributed by atoms with E-state index in [1.807, 2.05) is 0 Å². The molecule has 1 amide bonds. The van der Waals surface area contributed by atoms with Crippen LogP contribution in [-0.2, 0) is 4.79 Å². The van der Waals surface area contributed by atoms with E-state index >= 15 is 0 Å². The average molecular weight is 194 g/mol. The van der Waals surface area contributed by atoms with Gasteiger partial charge in [0.25, 0.3) is 0 Å². The lowest BCUT2D eigenvalue weighted by molar-refractivity contribution is -0.116. The summed E-state index contributed by atoms with van der Waals surface area (Å²) < 4.78 is 0. The molecule has 1 aliphatic rings. The lowest BCUT2D eigenvalue weighted by Gasteiger charge is -2.19. The first-order valence-corrected chi connectivity index (χ1v) is 4.76. The van der Waals surface area contributed by atoms with E-state index in [0.29, 0.717) is 12.3 Å². The van der Waals surface area contributed by atoms with E-state index in [-0.39, 0.29) is 11.9 Å². The Balaban J connectivity index is 2.26. The summed E-state index contributed by atoms with van der Waals surface area (Å²) in [5, 5.41) is 12.8. The van der Waals surface area contributed by atoms with E-state index in [2.05, 4.69) is 34.7 Å². The number of anilines is 2. The highest BCUT2D eigenvalue weighted by Gasteiger charge is 2.23.